The molecule has 0 saturated heterocycles. The highest BCUT2D eigenvalue weighted by atomic mass is 16.3. The smallest absolute Gasteiger partial charge is 0.248 e. The van der Waals surface area contributed by atoms with Crippen molar-refractivity contribution in [3.8, 4) is 5.75 Å². The first-order valence-electron chi connectivity index (χ1n) is 9.34. The van der Waals surface area contributed by atoms with Crippen molar-refractivity contribution in [1.29, 1.82) is 0 Å². The van der Waals surface area contributed by atoms with E-state index in [1.165, 1.54) is 37.2 Å². The summed E-state index contributed by atoms with van der Waals surface area (Å²) >= 11 is 0. The van der Waals surface area contributed by atoms with Crippen molar-refractivity contribution < 1.29 is 24.6 Å². The zero-order valence-electron chi connectivity index (χ0n) is 16.9. The molecule has 9 heteroatoms. The molecule has 1 aromatic heterocycles. The fraction of sp³-hybridized carbons (Fsp3) is 0.333. The van der Waals surface area contributed by atoms with Gasteiger partial charge in [0.05, 0.1) is 12.6 Å². The monoisotopic (exact) mass is 414 g/mol. The van der Waals surface area contributed by atoms with Gasteiger partial charge in [-0.1, -0.05) is 18.2 Å². The maximum atomic E-state index is 13.1. The van der Waals surface area contributed by atoms with Crippen molar-refractivity contribution in [3.05, 3.63) is 59.9 Å². The van der Waals surface area contributed by atoms with Gasteiger partial charge in [-0.05, 0) is 30.7 Å². The summed E-state index contributed by atoms with van der Waals surface area (Å²) in [5.41, 5.74) is 5.21. The van der Waals surface area contributed by atoms with Crippen LogP contribution in [0.1, 0.15) is 18.1 Å². The Morgan fingerprint density at radius 3 is 2.47 bits per heavy atom. The van der Waals surface area contributed by atoms with Gasteiger partial charge in [-0.25, -0.2) is 0 Å². The highest BCUT2D eigenvalue weighted by molar-refractivity contribution is 5.91. The van der Waals surface area contributed by atoms with Crippen molar-refractivity contribution in [1.82, 2.24) is 15.2 Å². The lowest BCUT2D eigenvalue weighted by Gasteiger charge is -2.39. The van der Waals surface area contributed by atoms with Gasteiger partial charge in [0.15, 0.2) is 6.29 Å². The first-order valence-corrected chi connectivity index (χ1v) is 9.34. The van der Waals surface area contributed by atoms with Crippen LogP contribution in [-0.2, 0) is 26.3 Å². The lowest BCUT2D eigenvalue weighted by Crippen LogP contribution is -2.58. The molecule has 2 aromatic rings. The number of aldehydes is 1. The fourth-order valence-corrected chi connectivity index (χ4v) is 3.07. The third-order valence-electron chi connectivity index (χ3n) is 4.91. The normalized spacial score (nSPS) is 14.8. The minimum Gasteiger partial charge on any atom is -0.508 e. The topological polar surface area (TPSA) is 146 Å². The molecule has 1 heterocycles. The second-order valence-corrected chi connectivity index (χ2v) is 7.06. The number of nitrogens with one attached hydrogen (secondary N) is 1. The molecule has 0 spiro atoms. The Balaban J connectivity index is 2.46. The number of pyridine rings is 1. The summed E-state index contributed by atoms with van der Waals surface area (Å²) in [5, 5.41) is 21.6. The molecule has 9 nitrogen and oxygen atoms in total. The number of nitrogens with zero attached hydrogens (tertiary/aromatic N) is 2. The van der Waals surface area contributed by atoms with Crippen LogP contribution in [0.25, 0.3) is 0 Å². The maximum Gasteiger partial charge on any atom is 0.248 e. The van der Waals surface area contributed by atoms with Gasteiger partial charge in [-0.15, -0.1) is 0 Å². The van der Waals surface area contributed by atoms with E-state index in [0.717, 1.165) is 0 Å². The van der Waals surface area contributed by atoms with E-state index < -0.39 is 36.0 Å². The standard InChI is InChI=1S/C21H26N4O5/c1-14(22)19(29)24-18(12-26)20(30)25(2)21(13-27,16-4-3-9-23-11-16)10-15-5-7-17(28)8-6-15/h3-9,11,13-14,18,26,28H,10,12,22H2,1-2H3,(H,24,29)/t14-,18-,21-/m0/s1. The summed E-state index contributed by atoms with van der Waals surface area (Å²) in [5.74, 6) is -1.20. The molecule has 5 N–H and O–H groups in total. The molecule has 0 bridgehead atoms. The van der Waals surface area contributed by atoms with Crippen molar-refractivity contribution in [2.75, 3.05) is 13.7 Å². The van der Waals surface area contributed by atoms with Gasteiger partial charge in [0.25, 0.3) is 0 Å². The largest absolute Gasteiger partial charge is 0.508 e. The second-order valence-electron chi connectivity index (χ2n) is 7.06. The van der Waals surface area contributed by atoms with Gasteiger partial charge in [0.1, 0.15) is 17.3 Å². The van der Waals surface area contributed by atoms with E-state index in [9.17, 15) is 24.6 Å². The molecular weight excluding hydrogens is 388 g/mol. The van der Waals surface area contributed by atoms with Crippen LogP contribution in [-0.4, -0.2) is 63.9 Å². The van der Waals surface area contributed by atoms with E-state index in [2.05, 4.69) is 10.3 Å². The molecular formula is C21H26N4O5. The number of nitrogens with two attached hydrogens (primary N) is 1. The Hall–Kier alpha value is -3.30. The van der Waals surface area contributed by atoms with Crippen molar-refractivity contribution in [2.45, 2.75) is 31.0 Å². The third-order valence-corrected chi connectivity index (χ3v) is 4.91. The number of likely N-dealkylation sites (N-methyl/N-ethyl adjacent to an activating group) is 1. The number of hydrogen-bond donors (Lipinski definition) is 4. The molecule has 0 radical (unpaired) electrons. The van der Waals surface area contributed by atoms with E-state index in [1.54, 1.807) is 30.5 Å². The van der Waals surface area contributed by atoms with Gasteiger partial charge in [-0.3, -0.25) is 14.6 Å². The highest BCUT2D eigenvalue weighted by Gasteiger charge is 2.42. The summed E-state index contributed by atoms with van der Waals surface area (Å²) < 4.78 is 0. The molecule has 0 aliphatic heterocycles. The molecule has 30 heavy (non-hydrogen) atoms. The number of rotatable bonds is 9. The summed E-state index contributed by atoms with van der Waals surface area (Å²) in [6.07, 6.45) is 3.74. The number of aliphatic hydroxyl groups is 1. The lowest BCUT2D eigenvalue weighted by molar-refractivity contribution is -0.145. The average molecular weight is 414 g/mol. The minimum atomic E-state index is -1.46. The number of phenolic OH excluding ortho intramolecular Hbond substituents is 1. The van der Waals surface area contributed by atoms with Crippen LogP contribution in [0.4, 0.5) is 0 Å². The van der Waals surface area contributed by atoms with Crippen molar-refractivity contribution in [3.63, 3.8) is 0 Å². The number of benzene rings is 1. The van der Waals surface area contributed by atoms with E-state index in [-0.39, 0.29) is 12.2 Å². The number of hydrogen-bond acceptors (Lipinski definition) is 7. The fourth-order valence-electron chi connectivity index (χ4n) is 3.07. The molecule has 0 saturated carbocycles. The van der Waals surface area contributed by atoms with Crippen LogP contribution in [0.3, 0.4) is 0 Å². The Bertz CT molecular complexity index is 873. The van der Waals surface area contributed by atoms with E-state index >= 15 is 0 Å². The summed E-state index contributed by atoms with van der Waals surface area (Å²) in [6.45, 7) is 0.789. The molecule has 2 rings (SSSR count). The minimum absolute atomic E-state index is 0.0697. The van der Waals surface area contributed by atoms with Crippen LogP contribution in [0.2, 0.25) is 0 Å². The van der Waals surface area contributed by atoms with Crippen LogP contribution in [0.15, 0.2) is 48.8 Å². The molecule has 2 amide bonds. The molecule has 0 fully saturated rings. The van der Waals surface area contributed by atoms with Gasteiger partial charge in [-0.2, -0.15) is 0 Å². The SMILES string of the molecule is C[C@H](N)C(=O)N[C@@H](CO)C(=O)N(C)[C@](C=O)(Cc1ccc(O)cc1)c1cccnc1. The van der Waals surface area contributed by atoms with E-state index in [1.807, 2.05) is 0 Å². The molecule has 0 aliphatic carbocycles. The Kier molecular flexibility index (Phi) is 7.62. The second kappa shape index (κ2) is 9.95. The third kappa shape index (κ3) is 5.00. The molecule has 160 valence electrons. The van der Waals surface area contributed by atoms with E-state index in [4.69, 9.17) is 5.73 Å². The van der Waals surface area contributed by atoms with Crippen molar-refractivity contribution >= 4 is 18.1 Å². The van der Waals surface area contributed by atoms with Crippen LogP contribution < -0.4 is 11.1 Å². The zero-order valence-corrected chi connectivity index (χ0v) is 16.9. The Morgan fingerprint density at radius 2 is 1.97 bits per heavy atom. The first kappa shape index (κ1) is 23.0. The van der Waals surface area contributed by atoms with Gasteiger partial charge in [0.2, 0.25) is 11.8 Å². The zero-order chi connectivity index (χ0) is 22.3. The highest BCUT2D eigenvalue weighted by Crippen LogP contribution is 2.30. The predicted molar refractivity (Wildman–Crippen MR) is 109 cm³/mol. The maximum absolute atomic E-state index is 13.1. The molecule has 0 aliphatic rings. The number of aromatic hydroxyl groups is 1. The number of carbonyl (C=O) groups excluding carboxylic acids is 3. The van der Waals surface area contributed by atoms with Gasteiger partial charge in [0, 0.05) is 31.4 Å². The summed E-state index contributed by atoms with van der Waals surface area (Å²) in [4.78, 5) is 42.8. The van der Waals surface area contributed by atoms with Gasteiger partial charge >= 0.3 is 0 Å². The predicted octanol–water partition coefficient (Wildman–Crippen LogP) is -0.293. The van der Waals surface area contributed by atoms with Crippen LogP contribution in [0.5, 0.6) is 5.75 Å². The summed E-state index contributed by atoms with van der Waals surface area (Å²) in [6, 6.07) is 7.41. The Morgan fingerprint density at radius 1 is 1.30 bits per heavy atom. The number of amides is 2. The molecule has 1 aromatic carbocycles. The van der Waals surface area contributed by atoms with Gasteiger partial charge < -0.3 is 31.0 Å². The summed E-state index contributed by atoms with van der Waals surface area (Å²) in [7, 11) is 1.42. The quantitative estimate of drug-likeness (QED) is 0.412. The van der Waals surface area contributed by atoms with Crippen molar-refractivity contribution in [2.24, 2.45) is 5.73 Å². The first-order chi connectivity index (χ1) is 14.2. The lowest BCUT2D eigenvalue weighted by atomic mass is 9.84. The molecule has 0 unspecified atom stereocenters. The van der Waals surface area contributed by atoms with E-state index in [0.29, 0.717) is 17.4 Å². The average Bonchev–Trinajstić information content (AvgIpc) is 2.76. The number of aromatic nitrogens is 1. The van der Waals surface area contributed by atoms with Crippen LogP contribution in [0, 0.1) is 0 Å². The number of carbonyl (C=O) groups is 3. The van der Waals surface area contributed by atoms with Crippen LogP contribution >= 0.6 is 0 Å². The number of aliphatic hydroxyl groups excluding tert-OH is 1. The Labute approximate surface area is 174 Å². The molecule has 3 atom stereocenters. The number of phenols is 1.